The van der Waals surface area contributed by atoms with Crippen molar-refractivity contribution in [1.29, 1.82) is 0 Å². The summed E-state index contributed by atoms with van der Waals surface area (Å²) in [5.74, 6) is -0.777. The molecule has 0 aliphatic rings. The smallest absolute Gasteiger partial charge is 0.322 e. The molecule has 1 heterocycles. The van der Waals surface area contributed by atoms with E-state index >= 15 is 0 Å². The zero-order valence-electron chi connectivity index (χ0n) is 7.82. The molecule has 0 amide bonds. The van der Waals surface area contributed by atoms with Crippen molar-refractivity contribution in [3.05, 3.63) is 46.7 Å². The molecule has 0 saturated heterocycles. The molecule has 1 aromatic heterocycles. The summed E-state index contributed by atoms with van der Waals surface area (Å²) in [6.07, 6.45) is 1.94. The maximum Gasteiger partial charge on any atom is 0.322 e. The molecule has 0 aliphatic heterocycles. The van der Waals surface area contributed by atoms with E-state index in [0.717, 1.165) is 12.4 Å². The summed E-state index contributed by atoms with van der Waals surface area (Å²) in [7, 11) is 0. The number of halogens is 3. The largest absolute Gasteiger partial charge is 0.424 e. The van der Waals surface area contributed by atoms with Gasteiger partial charge in [0, 0.05) is 6.07 Å². The second-order valence-electron chi connectivity index (χ2n) is 2.86. The van der Waals surface area contributed by atoms with Gasteiger partial charge < -0.3 is 4.74 Å². The molecule has 0 spiro atoms. The number of rotatable bonds is 2. The van der Waals surface area contributed by atoms with Crippen molar-refractivity contribution in [3.8, 4) is 11.8 Å². The minimum Gasteiger partial charge on any atom is -0.424 e. The molecular formula is C10H5BrF2N2O. The van der Waals surface area contributed by atoms with Crippen molar-refractivity contribution < 1.29 is 13.5 Å². The van der Waals surface area contributed by atoms with E-state index in [1.54, 1.807) is 6.07 Å². The van der Waals surface area contributed by atoms with E-state index in [0.29, 0.717) is 4.47 Å². The third-order valence-electron chi connectivity index (χ3n) is 1.70. The number of benzene rings is 1. The van der Waals surface area contributed by atoms with Gasteiger partial charge in [0.25, 0.3) is 0 Å². The Hall–Kier alpha value is -1.56. The number of hydrogen-bond donors (Lipinski definition) is 0. The second-order valence-corrected chi connectivity index (χ2v) is 3.72. The topological polar surface area (TPSA) is 35.0 Å². The lowest BCUT2D eigenvalue weighted by Gasteiger charge is -2.03. The molecule has 0 saturated carbocycles. The minimum atomic E-state index is -0.561. The van der Waals surface area contributed by atoms with Gasteiger partial charge in [-0.05, 0) is 28.1 Å². The van der Waals surface area contributed by atoms with Crippen LogP contribution in [0.3, 0.4) is 0 Å². The van der Waals surface area contributed by atoms with Gasteiger partial charge in [0.2, 0.25) is 0 Å². The summed E-state index contributed by atoms with van der Waals surface area (Å²) in [5, 5.41) is 0. The van der Waals surface area contributed by atoms with Crippen LogP contribution in [0.5, 0.6) is 11.8 Å². The maximum absolute atomic E-state index is 13.1. The first kappa shape index (κ1) is 10.9. The van der Waals surface area contributed by atoms with E-state index in [2.05, 4.69) is 25.9 Å². The van der Waals surface area contributed by atoms with Crippen molar-refractivity contribution in [3.63, 3.8) is 0 Å². The van der Waals surface area contributed by atoms with Crippen LogP contribution in [0.1, 0.15) is 0 Å². The van der Waals surface area contributed by atoms with Crippen LogP contribution in [0.15, 0.2) is 35.1 Å². The predicted molar refractivity (Wildman–Crippen MR) is 56.2 cm³/mol. The van der Waals surface area contributed by atoms with E-state index in [1.807, 2.05) is 0 Å². The molecule has 0 fully saturated rings. The van der Waals surface area contributed by atoms with Gasteiger partial charge >= 0.3 is 6.01 Å². The molecule has 3 nitrogen and oxygen atoms in total. The highest BCUT2D eigenvalue weighted by atomic mass is 79.9. The highest BCUT2D eigenvalue weighted by Crippen LogP contribution is 2.23. The molecule has 0 N–H and O–H groups in total. The van der Waals surface area contributed by atoms with E-state index in [4.69, 9.17) is 4.74 Å². The molecular weight excluding hydrogens is 282 g/mol. The minimum absolute atomic E-state index is 0.0388. The number of hydrogen-bond acceptors (Lipinski definition) is 3. The summed E-state index contributed by atoms with van der Waals surface area (Å²) in [4.78, 5) is 7.17. The first-order valence-corrected chi connectivity index (χ1v) is 5.05. The standard InChI is InChI=1S/C10H5BrF2N2O/c11-8-2-1-7(3-9(8)13)16-10-14-4-6(12)5-15-10/h1-5H. The Morgan fingerprint density at radius 3 is 2.44 bits per heavy atom. The quantitative estimate of drug-likeness (QED) is 0.850. The van der Waals surface area contributed by atoms with Crippen molar-refractivity contribution in [2.75, 3.05) is 0 Å². The lowest BCUT2D eigenvalue weighted by molar-refractivity contribution is 0.432. The highest BCUT2D eigenvalue weighted by molar-refractivity contribution is 9.10. The monoisotopic (exact) mass is 286 g/mol. The van der Waals surface area contributed by atoms with Crippen LogP contribution in [0.2, 0.25) is 0 Å². The lowest BCUT2D eigenvalue weighted by Crippen LogP contribution is -1.92. The van der Waals surface area contributed by atoms with Crippen LogP contribution in [-0.4, -0.2) is 9.97 Å². The molecule has 0 atom stereocenters. The number of ether oxygens (including phenoxy) is 1. The Morgan fingerprint density at radius 1 is 1.12 bits per heavy atom. The molecule has 0 unspecified atom stereocenters. The third-order valence-corrected chi connectivity index (χ3v) is 2.34. The van der Waals surface area contributed by atoms with Crippen molar-refractivity contribution in [2.45, 2.75) is 0 Å². The van der Waals surface area contributed by atoms with Gasteiger partial charge in [0.15, 0.2) is 5.82 Å². The normalized spacial score (nSPS) is 10.2. The van der Waals surface area contributed by atoms with E-state index in [1.165, 1.54) is 12.1 Å². The van der Waals surface area contributed by atoms with Crippen molar-refractivity contribution in [2.24, 2.45) is 0 Å². The van der Waals surface area contributed by atoms with E-state index < -0.39 is 11.6 Å². The molecule has 0 bridgehead atoms. The average Bonchev–Trinajstić information content (AvgIpc) is 2.27. The first-order valence-electron chi connectivity index (χ1n) is 4.25. The number of nitrogens with zero attached hydrogens (tertiary/aromatic N) is 2. The molecule has 82 valence electrons. The van der Waals surface area contributed by atoms with Crippen LogP contribution in [0.25, 0.3) is 0 Å². The Balaban J connectivity index is 2.20. The summed E-state index contributed by atoms with van der Waals surface area (Å²) < 4.78 is 31.1. The van der Waals surface area contributed by atoms with Gasteiger partial charge in [0.05, 0.1) is 16.9 Å². The molecule has 0 aliphatic carbocycles. The highest BCUT2D eigenvalue weighted by Gasteiger charge is 2.04. The molecule has 16 heavy (non-hydrogen) atoms. The zero-order valence-corrected chi connectivity index (χ0v) is 9.41. The fourth-order valence-electron chi connectivity index (χ4n) is 0.999. The van der Waals surface area contributed by atoms with E-state index in [9.17, 15) is 8.78 Å². The zero-order chi connectivity index (χ0) is 11.5. The fourth-order valence-corrected chi connectivity index (χ4v) is 1.25. The summed E-state index contributed by atoms with van der Waals surface area (Å²) >= 11 is 3.01. The first-order chi connectivity index (χ1) is 7.65. The Labute approximate surface area is 98.2 Å². The van der Waals surface area contributed by atoms with Gasteiger partial charge in [-0.1, -0.05) is 0 Å². The Kier molecular flexibility index (Phi) is 3.09. The fraction of sp³-hybridized carbons (Fsp3) is 0. The van der Waals surface area contributed by atoms with Crippen LogP contribution in [-0.2, 0) is 0 Å². The van der Waals surface area contributed by atoms with Gasteiger partial charge in [-0.3, -0.25) is 0 Å². The van der Waals surface area contributed by atoms with Crippen LogP contribution < -0.4 is 4.74 Å². The average molecular weight is 287 g/mol. The SMILES string of the molecule is Fc1cnc(Oc2ccc(Br)c(F)c2)nc1. The van der Waals surface area contributed by atoms with Crippen LogP contribution >= 0.6 is 15.9 Å². The molecule has 2 rings (SSSR count). The third kappa shape index (κ3) is 2.52. The van der Waals surface area contributed by atoms with Crippen molar-refractivity contribution in [1.82, 2.24) is 9.97 Å². The van der Waals surface area contributed by atoms with Gasteiger partial charge in [0.1, 0.15) is 11.6 Å². The summed E-state index contributed by atoms with van der Waals surface area (Å²) in [6.45, 7) is 0. The maximum atomic E-state index is 13.1. The number of aromatic nitrogens is 2. The van der Waals surface area contributed by atoms with Crippen LogP contribution in [0, 0.1) is 11.6 Å². The van der Waals surface area contributed by atoms with Gasteiger partial charge in [-0.25, -0.2) is 18.7 Å². The Bertz CT molecular complexity index is 505. The molecule has 0 radical (unpaired) electrons. The predicted octanol–water partition coefficient (Wildman–Crippen LogP) is 3.31. The molecule has 1 aromatic carbocycles. The summed E-state index contributed by atoms with van der Waals surface area (Å²) in [5.41, 5.74) is 0. The van der Waals surface area contributed by atoms with E-state index in [-0.39, 0.29) is 11.8 Å². The lowest BCUT2D eigenvalue weighted by atomic mass is 10.3. The molecule has 2 aromatic rings. The Morgan fingerprint density at radius 2 is 1.81 bits per heavy atom. The summed E-state index contributed by atoms with van der Waals surface area (Å²) in [6, 6.07) is 4.17. The molecule has 6 heteroatoms. The van der Waals surface area contributed by atoms with Crippen LogP contribution in [0.4, 0.5) is 8.78 Å². The van der Waals surface area contributed by atoms with Gasteiger partial charge in [-0.2, -0.15) is 0 Å². The van der Waals surface area contributed by atoms with Crippen molar-refractivity contribution >= 4 is 15.9 Å². The second kappa shape index (κ2) is 4.52. The van der Waals surface area contributed by atoms with Gasteiger partial charge in [-0.15, -0.1) is 0 Å².